The average molecular weight is 544 g/mol. The fourth-order valence-electron chi connectivity index (χ4n) is 4.73. The van der Waals surface area contributed by atoms with Crippen molar-refractivity contribution in [2.75, 3.05) is 18.4 Å². The summed E-state index contributed by atoms with van der Waals surface area (Å²) in [6, 6.07) is 24.1. The number of benzene rings is 3. The van der Waals surface area contributed by atoms with Gasteiger partial charge in [-0.2, -0.15) is 4.98 Å². The number of amides is 2. The fraction of sp³-hybridized carbons (Fsp3) is 0.267. The number of piperidine rings is 1. The number of hydrogen-bond acceptors (Lipinski definition) is 6. The van der Waals surface area contributed by atoms with Gasteiger partial charge in [0.25, 0.3) is 5.91 Å². The molecule has 1 fully saturated rings. The molecule has 0 radical (unpaired) electrons. The molecule has 200 valence electrons. The molecule has 5 rings (SSSR count). The van der Waals surface area contributed by atoms with Crippen molar-refractivity contribution in [1.82, 2.24) is 20.4 Å². The molecule has 0 bridgehead atoms. The highest BCUT2D eigenvalue weighted by molar-refractivity contribution is 6.30. The van der Waals surface area contributed by atoms with Gasteiger partial charge in [-0.25, -0.2) is 0 Å². The van der Waals surface area contributed by atoms with Gasteiger partial charge in [0.2, 0.25) is 17.6 Å². The molecule has 0 spiro atoms. The second-order valence-corrected chi connectivity index (χ2v) is 10.1. The topological polar surface area (TPSA) is 100 Å². The molecule has 1 aliphatic rings. The summed E-state index contributed by atoms with van der Waals surface area (Å²) in [4.78, 5) is 32.9. The third-order valence-electron chi connectivity index (χ3n) is 6.94. The van der Waals surface area contributed by atoms with E-state index in [2.05, 4.69) is 25.7 Å². The summed E-state index contributed by atoms with van der Waals surface area (Å²) in [7, 11) is 0. The van der Waals surface area contributed by atoms with E-state index in [9.17, 15) is 9.59 Å². The number of nitrogens with zero attached hydrogens (tertiary/aromatic N) is 3. The van der Waals surface area contributed by atoms with E-state index in [4.69, 9.17) is 16.1 Å². The van der Waals surface area contributed by atoms with Crippen LogP contribution >= 0.6 is 11.6 Å². The van der Waals surface area contributed by atoms with Crippen LogP contribution in [0.3, 0.4) is 0 Å². The van der Waals surface area contributed by atoms with Crippen molar-refractivity contribution in [3.05, 3.63) is 101 Å². The Bertz CT molecular complexity index is 1430. The van der Waals surface area contributed by atoms with Crippen LogP contribution in [0.2, 0.25) is 5.02 Å². The van der Waals surface area contributed by atoms with E-state index in [1.807, 2.05) is 55.5 Å². The van der Waals surface area contributed by atoms with Crippen LogP contribution in [0.25, 0.3) is 11.4 Å². The van der Waals surface area contributed by atoms with Gasteiger partial charge < -0.3 is 15.2 Å². The van der Waals surface area contributed by atoms with Crippen molar-refractivity contribution in [1.29, 1.82) is 0 Å². The van der Waals surface area contributed by atoms with E-state index in [1.165, 1.54) is 0 Å². The van der Waals surface area contributed by atoms with Crippen LogP contribution in [0, 0.1) is 5.92 Å². The van der Waals surface area contributed by atoms with Crippen molar-refractivity contribution < 1.29 is 14.1 Å². The predicted octanol–water partition coefficient (Wildman–Crippen LogP) is 5.73. The number of carbonyl (C=O) groups is 2. The summed E-state index contributed by atoms with van der Waals surface area (Å²) < 4.78 is 5.44. The zero-order valence-corrected chi connectivity index (χ0v) is 22.4. The molecule has 1 unspecified atom stereocenters. The number of aromatic nitrogens is 2. The highest BCUT2D eigenvalue weighted by Crippen LogP contribution is 2.24. The first-order chi connectivity index (χ1) is 19.0. The van der Waals surface area contributed by atoms with Gasteiger partial charge in [0.15, 0.2) is 0 Å². The number of anilines is 1. The summed E-state index contributed by atoms with van der Waals surface area (Å²) >= 11 is 6.07. The van der Waals surface area contributed by atoms with Gasteiger partial charge in [0.1, 0.15) is 0 Å². The number of rotatable bonds is 8. The van der Waals surface area contributed by atoms with Crippen molar-refractivity contribution >= 4 is 29.1 Å². The predicted molar refractivity (Wildman–Crippen MR) is 150 cm³/mol. The molecule has 39 heavy (non-hydrogen) atoms. The first-order valence-corrected chi connectivity index (χ1v) is 13.4. The van der Waals surface area contributed by atoms with E-state index in [1.54, 1.807) is 30.3 Å². The normalized spacial score (nSPS) is 15.0. The Morgan fingerprint density at radius 3 is 2.54 bits per heavy atom. The SMILES string of the molecule is CC(NC(=O)c1ccccc1NC(=O)C1CCN(Cc2nc(-c3cccc(Cl)c3)no2)CC1)c1ccccc1. The lowest BCUT2D eigenvalue weighted by atomic mass is 9.95. The Balaban J connectivity index is 1.14. The molecule has 1 aromatic heterocycles. The van der Waals surface area contributed by atoms with Gasteiger partial charge in [-0.15, -0.1) is 0 Å². The number of hydrogen-bond donors (Lipinski definition) is 2. The van der Waals surface area contributed by atoms with Crippen molar-refractivity contribution in [3.63, 3.8) is 0 Å². The highest BCUT2D eigenvalue weighted by Gasteiger charge is 2.27. The number of nitrogens with one attached hydrogen (secondary N) is 2. The Morgan fingerprint density at radius 2 is 1.77 bits per heavy atom. The maximum absolute atomic E-state index is 13.1. The maximum atomic E-state index is 13.1. The van der Waals surface area contributed by atoms with Gasteiger partial charge in [-0.3, -0.25) is 14.5 Å². The minimum Gasteiger partial charge on any atom is -0.345 e. The van der Waals surface area contributed by atoms with E-state index >= 15 is 0 Å². The number of likely N-dealkylation sites (tertiary alicyclic amines) is 1. The molecule has 8 nitrogen and oxygen atoms in total. The third-order valence-corrected chi connectivity index (χ3v) is 7.18. The molecule has 0 saturated carbocycles. The molecule has 0 aliphatic carbocycles. The summed E-state index contributed by atoms with van der Waals surface area (Å²) in [6.07, 6.45) is 1.39. The lowest BCUT2D eigenvalue weighted by Crippen LogP contribution is -2.38. The van der Waals surface area contributed by atoms with Gasteiger partial charge >= 0.3 is 0 Å². The van der Waals surface area contributed by atoms with Crippen LogP contribution in [-0.2, 0) is 11.3 Å². The first-order valence-electron chi connectivity index (χ1n) is 13.0. The highest BCUT2D eigenvalue weighted by atomic mass is 35.5. The van der Waals surface area contributed by atoms with Crippen LogP contribution in [0.5, 0.6) is 0 Å². The van der Waals surface area contributed by atoms with Crippen molar-refractivity contribution in [2.45, 2.75) is 32.4 Å². The second kappa shape index (κ2) is 12.2. The van der Waals surface area contributed by atoms with E-state index in [0.717, 1.165) is 24.2 Å². The van der Waals surface area contributed by atoms with Crippen molar-refractivity contribution in [3.8, 4) is 11.4 Å². The molecule has 3 aromatic carbocycles. The Morgan fingerprint density at radius 1 is 1.03 bits per heavy atom. The molecule has 9 heteroatoms. The Hall–Kier alpha value is -4.01. The van der Waals surface area contributed by atoms with Crippen LogP contribution in [0.4, 0.5) is 5.69 Å². The van der Waals surface area contributed by atoms with Gasteiger partial charge in [0, 0.05) is 16.5 Å². The molecule has 1 aliphatic heterocycles. The summed E-state index contributed by atoms with van der Waals surface area (Å²) in [5.74, 6) is 0.575. The zero-order chi connectivity index (χ0) is 27.2. The Kier molecular flexibility index (Phi) is 8.34. The average Bonchev–Trinajstić information content (AvgIpc) is 3.42. The molecular weight excluding hydrogens is 514 g/mol. The minimum atomic E-state index is -0.228. The van der Waals surface area contributed by atoms with Crippen LogP contribution in [0.15, 0.2) is 83.4 Å². The maximum Gasteiger partial charge on any atom is 0.253 e. The van der Waals surface area contributed by atoms with Gasteiger partial charge in [-0.05, 0) is 62.7 Å². The number of halogens is 1. The number of para-hydroxylation sites is 1. The standard InChI is InChI=1S/C30H30ClN5O3/c1-20(21-8-3-2-4-9-21)32-30(38)25-12-5-6-13-26(25)33-29(37)22-14-16-36(17-15-22)19-27-34-28(35-39-27)23-10-7-11-24(31)18-23/h2-13,18,20,22H,14-17,19H2,1H3,(H,32,38)(H,33,37). The second-order valence-electron chi connectivity index (χ2n) is 9.71. The zero-order valence-electron chi connectivity index (χ0n) is 21.6. The summed E-state index contributed by atoms with van der Waals surface area (Å²) in [5, 5.41) is 10.7. The molecule has 2 N–H and O–H groups in total. The van der Waals surface area contributed by atoms with Crippen molar-refractivity contribution in [2.24, 2.45) is 5.92 Å². The fourth-order valence-corrected chi connectivity index (χ4v) is 4.92. The minimum absolute atomic E-state index is 0.0768. The molecule has 2 amide bonds. The smallest absolute Gasteiger partial charge is 0.253 e. The third kappa shape index (κ3) is 6.71. The molecular formula is C30H30ClN5O3. The summed E-state index contributed by atoms with van der Waals surface area (Å²) in [5.41, 5.74) is 2.77. The van der Waals surface area contributed by atoms with Crippen LogP contribution in [0.1, 0.15) is 47.6 Å². The molecule has 1 saturated heterocycles. The Labute approximate surface area is 232 Å². The molecule has 4 aromatic rings. The molecule has 2 heterocycles. The van der Waals surface area contributed by atoms with E-state index in [0.29, 0.717) is 47.4 Å². The van der Waals surface area contributed by atoms with Crippen LogP contribution < -0.4 is 10.6 Å². The monoisotopic (exact) mass is 543 g/mol. The lowest BCUT2D eigenvalue weighted by molar-refractivity contribution is -0.121. The van der Waals surface area contributed by atoms with Gasteiger partial charge in [0.05, 0.1) is 23.8 Å². The largest absolute Gasteiger partial charge is 0.345 e. The van der Waals surface area contributed by atoms with E-state index < -0.39 is 0 Å². The van der Waals surface area contributed by atoms with Crippen LogP contribution in [-0.4, -0.2) is 39.9 Å². The number of carbonyl (C=O) groups excluding carboxylic acids is 2. The summed E-state index contributed by atoms with van der Waals surface area (Å²) in [6.45, 7) is 3.91. The van der Waals surface area contributed by atoms with E-state index in [-0.39, 0.29) is 23.8 Å². The molecule has 1 atom stereocenters. The first kappa shape index (κ1) is 26.6. The lowest BCUT2D eigenvalue weighted by Gasteiger charge is -2.30. The van der Waals surface area contributed by atoms with Gasteiger partial charge in [-0.1, -0.05) is 71.4 Å². The quantitative estimate of drug-likeness (QED) is 0.294.